The zero-order chi connectivity index (χ0) is 19.3. The molecule has 7 heteroatoms. The summed E-state index contributed by atoms with van der Waals surface area (Å²) in [7, 11) is 0. The van der Waals surface area contributed by atoms with Gasteiger partial charge in [0.1, 0.15) is 5.75 Å². The molecule has 0 amide bonds. The van der Waals surface area contributed by atoms with E-state index in [0.29, 0.717) is 23.0 Å². The Morgan fingerprint density at radius 1 is 0.786 bits per heavy atom. The number of para-hydroxylation sites is 2. The predicted octanol–water partition coefficient (Wildman–Crippen LogP) is 3.92. The third-order valence-electron chi connectivity index (χ3n) is 3.75. The molecule has 0 N–H and O–H groups in total. The van der Waals surface area contributed by atoms with Gasteiger partial charge >= 0.3 is 6.01 Å². The molecule has 0 bridgehead atoms. The molecule has 0 atom stereocenters. The van der Waals surface area contributed by atoms with Gasteiger partial charge < -0.3 is 9.47 Å². The fraction of sp³-hybridized carbons (Fsp3) is 0.0476. The standard InChI is InChI=1S/C21H16N4O3/c1-15-14-19(27-17-10-6-3-7-11-17)23-21(22-15)28-18-12-13-20(26)25(24-18)16-8-4-2-5-9-16/h2-14H,1H3. The number of ether oxygens (including phenoxy) is 2. The van der Waals surface area contributed by atoms with Gasteiger partial charge in [0.25, 0.3) is 5.56 Å². The van der Waals surface area contributed by atoms with Crippen molar-refractivity contribution in [3.05, 3.63) is 94.9 Å². The lowest BCUT2D eigenvalue weighted by Crippen LogP contribution is -2.20. The van der Waals surface area contributed by atoms with Crippen molar-refractivity contribution in [2.24, 2.45) is 0 Å². The maximum absolute atomic E-state index is 12.1. The van der Waals surface area contributed by atoms with Crippen molar-refractivity contribution in [1.82, 2.24) is 19.7 Å². The molecule has 0 spiro atoms. The molecule has 7 nitrogen and oxygen atoms in total. The Kier molecular flexibility index (Phi) is 4.79. The predicted molar refractivity (Wildman–Crippen MR) is 103 cm³/mol. The molecule has 0 aliphatic carbocycles. The summed E-state index contributed by atoms with van der Waals surface area (Å²) in [5.41, 5.74) is 1.04. The lowest BCUT2D eigenvalue weighted by Gasteiger charge is -2.09. The Hall–Kier alpha value is -4.00. The van der Waals surface area contributed by atoms with Gasteiger partial charge in [-0.1, -0.05) is 36.4 Å². The molecule has 0 radical (unpaired) electrons. The summed E-state index contributed by atoms with van der Waals surface area (Å²) in [6, 6.07) is 23.0. The Bertz CT molecular complexity index is 1150. The van der Waals surface area contributed by atoms with E-state index in [1.165, 1.54) is 16.8 Å². The Morgan fingerprint density at radius 3 is 2.25 bits per heavy atom. The van der Waals surface area contributed by atoms with Crippen molar-refractivity contribution in [2.75, 3.05) is 0 Å². The highest BCUT2D eigenvalue weighted by atomic mass is 16.5. The van der Waals surface area contributed by atoms with E-state index in [4.69, 9.17) is 9.47 Å². The number of nitrogens with zero attached hydrogens (tertiary/aromatic N) is 4. The molecule has 2 heterocycles. The first-order valence-electron chi connectivity index (χ1n) is 8.60. The van der Waals surface area contributed by atoms with Gasteiger partial charge in [0.15, 0.2) is 0 Å². The second-order valence-corrected chi connectivity index (χ2v) is 5.90. The van der Waals surface area contributed by atoms with Gasteiger partial charge in [-0.25, -0.2) is 0 Å². The highest BCUT2D eigenvalue weighted by Crippen LogP contribution is 2.23. The van der Waals surface area contributed by atoms with Gasteiger partial charge in [-0.2, -0.15) is 14.6 Å². The molecule has 0 saturated carbocycles. The lowest BCUT2D eigenvalue weighted by molar-refractivity contribution is 0.392. The molecule has 0 unspecified atom stereocenters. The van der Waals surface area contributed by atoms with E-state index in [-0.39, 0.29) is 17.4 Å². The third kappa shape index (κ3) is 4.04. The van der Waals surface area contributed by atoms with Crippen molar-refractivity contribution in [3.8, 4) is 29.2 Å². The molecular weight excluding hydrogens is 356 g/mol. The maximum atomic E-state index is 12.1. The van der Waals surface area contributed by atoms with Crippen molar-refractivity contribution >= 4 is 0 Å². The van der Waals surface area contributed by atoms with Crippen LogP contribution in [0, 0.1) is 6.92 Å². The maximum Gasteiger partial charge on any atom is 0.326 e. The van der Waals surface area contributed by atoms with Crippen molar-refractivity contribution in [1.29, 1.82) is 0 Å². The first kappa shape index (κ1) is 17.4. The fourth-order valence-corrected chi connectivity index (χ4v) is 2.52. The van der Waals surface area contributed by atoms with Crippen molar-refractivity contribution in [2.45, 2.75) is 6.92 Å². The minimum absolute atomic E-state index is 0.0803. The number of aryl methyl sites for hydroxylation is 1. The van der Waals surface area contributed by atoms with Crippen LogP contribution in [0.5, 0.6) is 23.5 Å². The summed E-state index contributed by atoms with van der Waals surface area (Å²) >= 11 is 0. The summed E-state index contributed by atoms with van der Waals surface area (Å²) < 4.78 is 12.7. The fourth-order valence-electron chi connectivity index (χ4n) is 2.52. The van der Waals surface area contributed by atoms with Crippen LogP contribution in [0.1, 0.15) is 5.69 Å². The van der Waals surface area contributed by atoms with Crippen LogP contribution in [-0.4, -0.2) is 19.7 Å². The highest BCUT2D eigenvalue weighted by Gasteiger charge is 2.10. The SMILES string of the molecule is Cc1cc(Oc2ccccc2)nc(Oc2ccc(=O)n(-c3ccccc3)n2)n1. The van der Waals surface area contributed by atoms with Crippen molar-refractivity contribution < 1.29 is 9.47 Å². The van der Waals surface area contributed by atoms with Crippen LogP contribution >= 0.6 is 0 Å². The largest absolute Gasteiger partial charge is 0.439 e. The van der Waals surface area contributed by atoms with Gasteiger partial charge in [-0.3, -0.25) is 4.79 Å². The summed E-state index contributed by atoms with van der Waals surface area (Å²) in [6.07, 6.45) is 0. The van der Waals surface area contributed by atoms with Crippen LogP contribution in [0.15, 0.2) is 83.7 Å². The topological polar surface area (TPSA) is 79.1 Å². The lowest BCUT2D eigenvalue weighted by atomic mass is 10.3. The molecule has 4 aromatic rings. The van der Waals surface area contributed by atoms with E-state index in [1.54, 1.807) is 18.2 Å². The first-order chi connectivity index (χ1) is 13.7. The normalized spacial score (nSPS) is 10.5. The summed E-state index contributed by atoms with van der Waals surface area (Å²) in [5.74, 6) is 1.20. The molecule has 2 aromatic heterocycles. The Labute approximate surface area is 160 Å². The van der Waals surface area contributed by atoms with Gasteiger partial charge in [0, 0.05) is 23.9 Å². The summed E-state index contributed by atoms with van der Waals surface area (Å²) in [6.45, 7) is 1.81. The first-order valence-corrected chi connectivity index (χ1v) is 8.60. The minimum atomic E-state index is -0.267. The number of hydrogen-bond donors (Lipinski definition) is 0. The Morgan fingerprint density at radius 2 is 1.50 bits per heavy atom. The molecule has 138 valence electrons. The van der Waals surface area contributed by atoms with Gasteiger partial charge in [0.2, 0.25) is 11.8 Å². The van der Waals surface area contributed by atoms with E-state index in [2.05, 4.69) is 15.1 Å². The molecule has 2 aromatic carbocycles. The third-order valence-corrected chi connectivity index (χ3v) is 3.75. The zero-order valence-electron chi connectivity index (χ0n) is 15.0. The van der Waals surface area contributed by atoms with E-state index in [1.807, 2.05) is 55.5 Å². The van der Waals surface area contributed by atoms with E-state index in [9.17, 15) is 4.79 Å². The van der Waals surface area contributed by atoms with E-state index in [0.717, 1.165) is 0 Å². The van der Waals surface area contributed by atoms with Crippen molar-refractivity contribution in [3.63, 3.8) is 0 Å². The van der Waals surface area contributed by atoms with Crippen LogP contribution in [-0.2, 0) is 0 Å². The summed E-state index contributed by atoms with van der Waals surface area (Å²) in [5, 5.41) is 4.24. The van der Waals surface area contributed by atoms with Crippen LogP contribution in [0.2, 0.25) is 0 Å². The molecule has 0 aliphatic rings. The second kappa shape index (κ2) is 7.71. The molecule has 0 aliphatic heterocycles. The number of hydrogen-bond acceptors (Lipinski definition) is 6. The highest BCUT2D eigenvalue weighted by molar-refractivity contribution is 5.31. The average molecular weight is 372 g/mol. The average Bonchev–Trinajstić information content (AvgIpc) is 2.70. The summed E-state index contributed by atoms with van der Waals surface area (Å²) in [4.78, 5) is 20.7. The Balaban J connectivity index is 1.62. The molecular formula is C21H16N4O3. The molecule has 0 saturated heterocycles. The second-order valence-electron chi connectivity index (χ2n) is 5.90. The van der Waals surface area contributed by atoms with Crippen LogP contribution in [0.3, 0.4) is 0 Å². The van der Waals surface area contributed by atoms with Crippen LogP contribution in [0.4, 0.5) is 0 Å². The van der Waals surface area contributed by atoms with E-state index >= 15 is 0 Å². The van der Waals surface area contributed by atoms with Gasteiger partial charge in [-0.05, 0) is 31.2 Å². The number of rotatable bonds is 5. The van der Waals surface area contributed by atoms with Crippen LogP contribution in [0.25, 0.3) is 5.69 Å². The van der Waals surface area contributed by atoms with E-state index < -0.39 is 0 Å². The number of benzene rings is 2. The molecule has 28 heavy (non-hydrogen) atoms. The monoisotopic (exact) mass is 372 g/mol. The van der Waals surface area contributed by atoms with Gasteiger partial charge in [-0.15, -0.1) is 5.10 Å². The van der Waals surface area contributed by atoms with Crippen LogP contribution < -0.4 is 15.0 Å². The molecule has 4 rings (SSSR count). The van der Waals surface area contributed by atoms with Gasteiger partial charge in [0.05, 0.1) is 5.69 Å². The smallest absolute Gasteiger partial charge is 0.326 e. The quantitative estimate of drug-likeness (QED) is 0.528. The number of aromatic nitrogens is 4. The molecule has 0 fully saturated rings. The zero-order valence-corrected chi connectivity index (χ0v) is 15.0. The minimum Gasteiger partial charge on any atom is -0.439 e.